The molecule has 0 saturated carbocycles. The number of rotatable bonds is 0. The van der Waals surface area contributed by atoms with Gasteiger partial charge >= 0.3 is 0 Å². The Kier molecular flexibility index (Phi) is 2.60. The minimum Gasteiger partial charge on any atom is -0.355 e. The lowest BCUT2D eigenvalue weighted by Crippen LogP contribution is -2.25. The monoisotopic (exact) mass is 363 g/mol. The number of aromatic amines is 1. The molecule has 0 bridgehead atoms. The van der Waals surface area contributed by atoms with Crippen LogP contribution >= 0.6 is 15.9 Å². The van der Waals surface area contributed by atoms with Crippen LogP contribution in [-0.2, 0) is 5.41 Å². The quantitative estimate of drug-likeness (QED) is 0.492. The second-order valence-corrected chi connectivity index (χ2v) is 8.26. The zero-order valence-corrected chi connectivity index (χ0v) is 14.8. The summed E-state index contributed by atoms with van der Waals surface area (Å²) in [5.41, 5.74) is 5.60. The second-order valence-electron chi connectivity index (χ2n) is 7.34. The van der Waals surface area contributed by atoms with E-state index in [0.717, 1.165) is 0 Å². The average Bonchev–Trinajstić information content (AvgIpc) is 3.00. The Hall–Kier alpha value is -1.80. The molecule has 0 saturated heterocycles. The molecule has 114 valence electrons. The van der Waals surface area contributed by atoms with Crippen LogP contribution in [0.1, 0.15) is 30.9 Å². The van der Waals surface area contributed by atoms with E-state index in [1.54, 1.807) is 0 Å². The highest BCUT2D eigenvalue weighted by molar-refractivity contribution is 9.11. The molecule has 1 aromatic heterocycles. The van der Waals surface area contributed by atoms with Crippen molar-refractivity contribution in [1.82, 2.24) is 4.98 Å². The van der Waals surface area contributed by atoms with Gasteiger partial charge in [-0.25, -0.2) is 0 Å². The zero-order chi connectivity index (χ0) is 15.8. The first-order chi connectivity index (χ1) is 11.1. The Morgan fingerprint density at radius 3 is 2.74 bits per heavy atom. The molecule has 3 aromatic rings. The summed E-state index contributed by atoms with van der Waals surface area (Å²) >= 11 is 3.66. The molecule has 2 aromatic carbocycles. The van der Waals surface area contributed by atoms with E-state index in [4.69, 9.17) is 0 Å². The summed E-state index contributed by atoms with van der Waals surface area (Å²) in [6.07, 6.45) is 6.94. The lowest BCUT2D eigenvalue weighted by Gasteiger charge is -2.30. The highest BCUT2D eigenvalue weighted by Gasteiger charge is 2.45. The van der Waals surface area contributed by atoms with Crippen molar-refractivity contribution in [2.24, 2.45) is 5.92 Å². The molecule has 2 aliphatic carbocycles. The molecular formula is C21H18BrN. The van der Waals surface area contributed by atoms with E-state index in [0.29, 0.717) is 11.8 Å². The van der Waals surface area contributed by atoms with E-state index in [2.05, 4.69) is 89.4 Å². The van der Waals surface area contributed by atoms with Gasteiger partial charge in [0.25, 0.3) is 0 Å². The molecule has 1 heterocycles. The van der Waals surface area contributed by atoms with E-state index < -0.39 is 0 Å². The normalized spacial score (nSPS) is 24.7. The van der Waals surface area contributed by atoms with Gasteiger partial charge in [-0.05, 0) is 40.7 Å². The van der Waals surface area contributed by atoms with Crippen LogP contribution in [0.15, 0.2) is 59.1 Å². The number of halogens is 1. The van der Waals surface area contributed by atoms with Crippen molar-refractivity contribution in [3.63, 3.8) is 0 Å². The molecule has 2 aliphatic rings. The van der Waals surface area contributed by atoms with Crippen molar-refractivity contribution >= 4 is 37.7 Å². The molecule has 0 aliphatic heterocycles. The van der Waals surface area contributed by atoms with E-state index >= 15 is 0 Å². The topological polar surface area (TPSA) is 15.8 Å². The van der Waals surface area contributed by atoms with Crippen LogP contribution in [0.2, 0.25) is 0 Å². The van der Waals surface area contributed by atoms with Gasteiger partial charge in [-0.2, -0.15) is 0 Å². The van der Waals surface area contributed by atoms with E-state index in [1.165, 1.54) is 37.4 Å². The number of benzene rings is 2. The third kappa shape index (κ3) is 1.73. The zero-order valence-electron chi connectivity index (χ0n) is 13.2. The number of aromatic nitrogens is 1. The molecule has 0 radical (unpaired) electrons. The summed E-state index contributed by atoms with van der Waals surface area (Å²) in [5, 5.41) is 2.67. The predicted octanol–water partition coefficient (Wildman–Crippen LogP) is 6.16. The number of H-pyrrole nitrogens is 1. The number of allylic oxidation sites excluding steroid dienone is 4. The van der Waals surface area contributed by atoms with Gasteiger partial charge in [-0.1, -0.05) is 66.2 Å². The summed E-state index contributed by atoms with van der Waals surface area (Å²) in [5.74, 6) is 1.01. The number of fused-ring (bicyclic) bond motifs is 6. The second kappa shape index (κ2) is 4.39. The highest BCUT2D eigenvalue weighted by Crippen LogP contribution is 2.54. The molecule has 23 heavy (non-hydrogen) atoms. The van der Waals surface area contributed by atoms with Crippen LogP contribution < -0.4 is 0 Å². The maximum atomic E-state index is 3.66. The van der Waals surface area contributed by atoms with E-state index in [9.17, 15) is 0 Å². The van der Waals surface area contributed by atoms with Crippen LogP contribution in [0.4, 0.5) is 0 Å². The summed E-state index contributed by atoms with van der Waals surface area (Å²) in [4.78, 5) is 3.59. The summed E-state index contributed by atoms with van der Waals surface area (Å²) in [7, 11) is 0. The Labute approximate surface area is 144 Å². The van der Waals surface area contributed by atoms with Gasteiger partial charge in [0.15, 0.2) is 0 Å². The third-order valence-electron chi connectivity index (χ3n) is 5.75. The fourth-order valence-corrected chi connectivity index (χ4v) is 4.97. The first-order valence-corrected chi connectivity index (χ1v) is 8.95. The molecule has 0 spiro atoms. The summed E-state index contributed by atoms with van der Waals surface area (Å²) < 4.78 is 1.20. The Bertz CT molecular complexity index is 1020. The van der Waals surface area contributed by atoms with E-state index in [-0.39, 0.29) is 5.41 Å². The fourth-order valence-electron chi connectivity index (χ4n) is 4.53. The van der Waals surface area contributed by atoms with Crippen LogP contribution in [0, 0.1) is 5.92 Å². The fraction of sp³-hybridized carbons (Fsp3) is 0.238. The van der Waals surface area contributed by atoms with Gasteiger partial charge < -0.3 is 4.98 Å². The van der Waals surface area contributed by atoms with Gasteiger partial charge in [0.2, 0.25) is 0 Å². The predicted molar refractivity (Wildman–Crippen MR) is 101 cm³/mol. The van der Waals surface area contributed by atoms with Crippen molar-refractivity contribution < 1.29 is 0 Å². The first-order valence-electron chi connectivity index (χ1n) is 8.16. The van der Waals surface area contributed by atoms with Gasteiger partial charge in [0, 0.05) is 32.2 Å². The summed E-state index contributed by atoms with van der Waals surface area (Å²) in [6, 6.07) is 13.4. The lowest BCUT2D eigenvalue weighted by atomic mass is 9.74. The molecular weight excluding hydrogens is 346 g/mol. The standard InChI is InChI=1S/C21H18BrN/c1-21(2)17-9-12(22)7-8-13(17)15-11-20-16(10-18(15)21)14-5-3-4-6-19(14)23-20/h3-11,13,17,23H,1-2H3. The molecule has 2 heteroatoms. The van der Waals surface area contributed by atoms with E-state index in [1.807, 2.05) is 0 Å². The van der Waals surface area contributed by atoms with Gasteiger partial charge in [0.05, 0.1) is 0 Å². The maximum Gasteiger partial charge on any atom is 0.0468 e. The Morgan fingerprint density at radius 2 is 1.87 bits per heavy atom. The molecule has 2 atom stereocenters. The molecule has 0 fully saturated rings. The minimum absolute atomic E-state index is 0.149. The van der Waals surface area contributed by atoms with Crippen molar-refractivity contribution in [1.29, 1.82) is 0 Å². The Balaban J connectivity index is 1.84. The van der Waals surface area contributed by atoms with Gasteiger partial charge in [0.1, 0.15) is 0 Å². The molecule has 2 unspecified atom stereocenters. The smallest absolute Gasteiger partial charge is 0.0468 e. The number of hydrogen-bond donors (Lipinski definition) is 1. The van der Waals surface area contributed by atoms with Crippen molar-refractivity contribution in [2.45, 2.75) is 25.2 Å². The molecule has 1 nitrogen and oxygen atoms in total. The van der Waals surface area contributed by atoms with Crippen LogP contribution in [0.5, 0.6) is 0 Å². The Morgan fingerprint density at radius 1 is 1.04 bits per heavy atom. The number of para-hydroxylation sites is 1. The SMILES string of the molecule is CC1(C)c2cc3c(cc2C2C=CC(Br)=CC21)[nH]c1ccccc13. The van der Waals surface area contributed by atoms with Crippen LogP contribution in [0.3, 0.4) is 0 Å². The van der Waals surface area contributed by atoms with Crippen molar-refractivity contribution in [3.05, 3.63) is 70.2 Å². The molecule has 1 N–H and O–H groups in total. The van der Waals surface area contributed by atoms with Gasteiger partial charge in [-0.3, -0.25) is 0 Å². The van der Waals surface area contributed by atoms with Gasteiger partial charge in [-0.15, -0.1) is 0 Å². The lowest BCUT2D eigenvalue weighted by molar-refractivity contribution is 0.394. The highest BCUT2D eigenvalue weighted by atomic mass is 79.9. The van der Waals surface area contributed by atoms with Crippen LogP contribution in [-0.4, -0.2) is 4.98 Å². The van der Waals surface area contributed by atoms with Crippen LogP contribution in [0.25, 0.3) is 21.8 Å². The molecule has 0 amide bonds. The average molecular weight is 364 g/mol. The van der Waals surface area contributed by atoms with Crippen molar-refractivity contribution in [3.8, 4) is 0 Å². The first kappa shape index (κ1) is 13.6. The number of hydrogen-bond acceptors (Lipinski definition) is 0. The largest absolute Gasteiger partial charge is 0.355 e. The third-order valence-corrected chi connectivity index (χ3v) is 6.28. The van der Waals surface area contributed by atoms with Crippen molar-refractivity contribution in [2.75, 3.05) is 0 Å². The molecule has 5 rings (SSSR count). The summed E-state index contributed by atoms with van der Waals surface area (Å²) in [6.45, 7) is 4.76. The maximum absolute atomic E-state index is 3.66. The minimum atomic E-state index is 0.149. The number of nitrogens with one attached hydrogen (secondary N) is 1.